The minimum Gasteiger partial charge on any atom is -0.481 e. The van der Waals surface area contributed by atoms with Gasteiger partial charge in [-0.1, -0.05) is 43.7 Å². The van der Waals surface area contributed by atoms with E-state index in [0.717, 1.165) is 68.9 Å². The fraction of sp³-hybridized carbons (Fsp3) is 0.500. The standard InChI is InChI=1S/C30H36F2N2O3/c1-3-6-24(20-11-13-22(14-12-20)30(2,31)32)34-26-10-5-9-25(33-15-17-37-18-16-33)28(26)23-8-4-7-21(29(23)34)19-27(35)36/h5,9-14,21,24H,3-4,6-8,15-19H2,1-2H3,(H,35,36). The van der Waals surface area contributed by atoms with Gasteiger partial charge in [0.05, 0.1) is 31.2 Å². The van der Waals surface area contributed by atoms with Gasteiger partial charge >= 0.3 is 5.97 Å². The molecule has 0 bridgehead atoms. The lowest BCUT2D eigenvalue weighted by molar-refractivity contribution is -0.137. The van der Waals surface area contributed by atoms with Crippen LogP contribution in [0.4, 0.5) is 14.5 Å². The summed E-state index contributed by atoms with van der Waals surface area (Å²) in [6, 6.07) is 13.1. The van der Waals surface area contributed by atoms with Crippen molar-refractivity contribution in [1.29, 1.82) is 0 Å². The Kier molecular flexibility index (Phi) is 7.26. The molecule has 2 aliphatic rings. The molecule has 198 valence electrons. The second-order valence-corrected chi connectivity index (χ2v) is 10.5. The molecule has 2 unspecified atom stereocenters. The average Bonchev–Trinajstić information content (AvgIpc) is 3.22. The number of benzene rings is 2. The van der Waals surface area contributed by atoms with Gasteiger partial charge in [-0.05, 0) is 48.9 Å². The summed E-state index contributed by atoms with van der Waals surface area (Å²) in [7, 11) is 0. The first kappa shape index (κ1) is 25.7. The van der Waals surface area contributed by atoms with E-state index in [1.807, 2.05) is 12.1 Å². The first-order chi connectivity index (χ1) is 17.8. The van der Waals surface area contributed by atoms with Gasteiger partial charge in [0.15, 0.2) is 0 Å². The number of carbonyl (C=O) groups is 1. The number of anilines is 1. The maximum Gasteiger partial charge on any atom is 0.304 e. The first-order valence-electron chi connectivity index (χ1n) is 13.5. The van der Waals surface area contributed by atoms with Crippen LogP contribution in [0.5, 0.6) is 0 Å². The molecule has 1 aliphatic heterocycles. The number of alkyl halides is 2. The molecule has 5 nitrogen and oxygen atoms in total. The number of aromatic nitrogens is 1. The summed E-state index contributed by atoms with van der Waals surface area (Å²) in [6.45, 7) is 6.08. The number of fused-ring (bicyclic) bond motifs is 3. The molecular weight excluding hydrogens is 474 g/mol. The van der Waals surface area contributed by atoms with Crippen LogP contribution in [0.1, 0.15) is 80.3 Å². The average molecular weight is 511 g/mol. The van der Waals surface area contributed by atoms with Crippen molar-refractivity contribution in [2.75, 3.05) is 31.2 Å². The fourth-order valence-corrected chi connectivity index (χ4v) is 6.33. The number of nitrogens with zero attached hydrogens (tertiary/aromatic N) is 2. The molecule has 0 spiro atoms. The number of carboxylic acid groups (broad SMARTS) is 1. The zero-order chi connectivity index (χ0) is 26.2. The van der Waals surface area contributed by atoms with Gasteiger partial charge in [0, 0.05) is 48.3 Å². The molecule has 0 amide bonds. The monoisotopic (exact) mass is 510 g/mol. The number of aliphatic carboxylic acids is 1. The largest absolute Gasteiger partial charge is 0.481 e. The Morgan fingerprint density at radius 3 is 2.54 bits per heavy atom. The summed E-state index contributed by atoms with van der Waals surface area (Å²) < 4.78 is 35.9. The van der Waals surface area contributed by atoms with E-state index in [2.05, 4.69) is 34.6 Å². The fourth-order valence-electron chi connectivity index (χ4n) is 6.33. The van der Waals surface area contributed by atoms with Crippen molar-refractivity contribution < 1.29 is 23.4 Å². The summed E-state index contributed by atoms with van der Waals surface area (Å²) in [5.41, 5.74) is 5.65. The van der Waals surface area contributed by atoms with Gasteiger partial charge in [-0.2, -0.15) is 0 Å². The van der Waals surface area contributed by atoms with Crippen LogP contribution in [0, 0.1) is 0 Å². The Morgan fingerprint density at radius 2 is 1.89 bits per heavy atom. The van der Waals surface area contributed by atoms with E-state index in [9.17, 15) is 18.7 Å². The molecule has 3 aromatic rings. The van der Waals surface area contributed by atoms with E-state index < -0.39 is 11.9 Å². The van der Waals surface area contributed by atoms with Crippen LogP contribution >= 0.6 is 0 Å². The Morgan fingerprint density at radius 1 is 1.16 bits per heavy atom. The molecule has 0 saturated carbocycles. The number of rotatable bonds is 8. The number of hydrogen-bond donors (Lipinski definition) is 1. The molecule has 2 heterocycles. The summed E-state index contributed by atoms with van der Waals surface area (Å²) in [6.07, 6.45) is 4.55. The van der Waals surface area contributed by atoms with Crippen LogP contribution in [0.2, 0.25) is 0 Å². The van der Waals surface area contributed by atoms with Crippen molar-refractivity contribution in [2.24, 2.45) is 0 Å². The van der Waals surface area contributed by atoms with Gasteiger partial charge < -0.3 is 19.3 Å². The minimum atomic E-state index is -2.89. The quantitative estimate of drug-likeness (QED) is 0.359. The van der Waals surface area contributed by atoms with Gasteiger partial charge in [-0.3, -0.25) is 4.79 Å². The van der Waals surface area contributed by atoms with E-state index in [4.69, 9.17) is 4.74 Å². The van der Waals surface area contributed by atoms with Crippen LogP contribution in [0.15, 0.2) is 42.5 Å². The Balaban J connectivity index is 1.73. The van der Waals surface area contributed by atoms with Crippen LogP contribution < -0.4 is 4.90 Å². The van der Waals surface area contributed by atoms with E-state index in [0.29, 0.717) is 13.2 Å². The lowest BCUT2D eigenvalue weighted by atomic mass is 9.84. The highest BCUT2D eigenvalue weighted by Gasteiger charge is 2.34. The molecular formula is C30H36F2N2O3. The molecule has 1 N–H and O–H groups in total. The van der Waals surface area contributed by atoms with Crippen LogP contribution in [-0.2, 0) is 21.9 Å². The van der Waals surface area contributed by atoms with Crippen molar-refractivity contribution >= 4 is 22.6 Å². The van der Waals surface area contributed by atoms with Crippen LogP contribution in [0.25, 0.3) is 10.9 Å². The van der Waals surface area contributed by atoms with Crippen LogP contribution in [-0.4, -0.2) is 41.9 Å². The molecule has 1 fully saturated rings. The summed E-state index contributed by atoms with van der Waals surface area (Å²) in [4.78, 5) is 14.3. The molecule has 1 aliphatic carbocycles. The molecule has 37 heavy (non-hydrogen) atoms. The number of aryl methyl sites for hydroxylation is 1. The van der Waals surface area contributed by atoms with E-state index in [1.165, 1.54) is 28.8 Å². The summed E-state index contributed by atoms with van der Waals surface area (Å²) >= 11 is 0. The van der Waals surface area contributed by atoms with Crippen molar-refractivity contribution in [3.8, 4) is 0 Å². The number of halogens is 2. The Labute approximate surface area is 217 Å². The number of carboxylic acids is 1. The lowest BCUT2D eigenvalue weighted by Gasteiger charge is -2.30. The van der Waals surface area contributed by atoms with Crippen molar-refractivity contribution in [2.45, 2.75) is 70.3 Å². The SMILES string of the molecule is CCCC(c1ccc(C(C)(F)F)cc1)n1c2c(c3c(N4CCOCC4)cccc31)CCCC2CC(=O)O. The third-order valence-corrected chi connectivity index (χ3v) is 7.97. The van der Waals surface area contributed by atoms with E-state index in [1.54, 1.807) is 0 Å². The third kappa shape index (κ3) is 4.98. The second kappa shape index (κ2) is 10.4. The van der Waals surface area contributed by atoms with Gasteiger partial charge in [0.2, 0.25) is 0 Å². The van der Waals surface area contributed by atoms with Crippen molar-refractivity contribution in [1.82, 2.24) is 4.57 Å². The number of ether oxygens (including phenoxy) is 1. The predicted octanol–water partition coefficient (Wildman–Crippen LogP) is 6.87. The van der Waals surface area contributed by atoms with Crippen LogP contribution in [0.3, 0.4) is 0 Å². The topological polar surface area (TPSA) is 54.7 Å². The predicted molar refractivity (Wildman–Crippen MR) is 142 cm³/mol. The lowest BCUT2D eigenvalue weighted by Crippen LogP contribution is -2.36. The summed E-state index contributed by atoms with van der Waals surface area (Å²) in [5, 5.41) is 11.0. The van der Waals surface area contributed by atoms with Crippen molar-refractivity contribution in [3.63, 3.8) is 0 Å². The molecule has 1 aromatic heterocycles. The van der Waals surface area contributed by atoms with Gasteiger partial charge in [0.25, 0.3) is 5.92 Å². The van der Waals surface area contributed by atoms with Gasteiger partial charge in [-0.25, -0.2) is 8.78 Å². The normalized spacial score (nSPS) is 19.1. The Hall–Kier alpha value is -2.93. The molecule has 5 rings (SSSR count). The molecule has 7 heteroatoms. The highest BCUT2D eigenvalue weighted by atomic mass is 19.3. The van der Waals surface area contributed by atoms with Gasteiger partial charge in [0.1, 0.15) is 0 Å². The smallest absolute Gasteiger partial charge is 0.304 e. The molecule has 2 atom stereocenters. The zero-order valence-electron chi connectivity index (χ0n) is 21.7. The highest BCUT2D eigenvalue weighted by Crippen LogP contribution is 2.46. The first-order valence-corrected chi connectivity index (χ1v) is 13.5. The maximum absolute atomic E-state index is 14.0. The number of hydrogen-bond acceptors (Lipinski definition) is 3. The van der Waals surface area contributed by atoms with E-state index >= 15 is 0 Å². The highest BCUT2D eigenvalue weighted by molar-refractivity contribution is 5.98. The minimum absolute atomic E-state index is 0.00393. The third-order valence-electron chi connectivity index (χ3n) is 7.97. The zero-order valence-corrected chi connectivity index (χ0v) is 21.7. The van der Waals surface area contributed by atoms with Crippen molar-refractivity contribution in [3.05, 3.63) is 64.8 Å². The second-order valence-electron chi connectivity index (χ2n) is 10.5. The number of morpholine rings is 1. The maximum atomic E-state index is 14.0. The summed E-state index contributed by atoms with van der Waals surface area (Å²) in [5.74, 6) is -3.76. The molecule has 0 radical (unpaired) electrons. The van der Waals surface area contributed by atoms with E-state index in [-0.39, 0.29) is 23.9 Å². The molecule has 2 aromatic carbocycles. The Bertz CT molecular complexity index is 1260. The van der Waals surface area contributed by atoms with Gasteiger partial charge in [-0.15, -0.1) is 0 Å². The molecule has 1 saturated heterocycles.